The minimum Gasteiger partial charge on any atom is -1.00 e. The Labute approximate surface area is 99.0 Å². The molecule has 0 heterocycles. The summed E-state index contributed by atoms with van der Waals surface area (Å²) in [5, 5.41) is 8.64. The molecule has 2 nitrogen and oxygen atoms in total. The third kappa shape index (κ3) is 2.39. The monoisotopic (exact) mass is 206 g/mol. The molecular formula is C10H9F2LiO2. The van der Waals surface area contributed by atoms with Gasteiger partial charge in [-0.05, 0) is 30.0 Å². The summed E-state index contributed by atoms with van der Waals surface area (Å²) in [5.74, 6) is -3.28. The first-order chi connectivity index (χ1) is 6.59. The quantitative estimate of drug-likeness (QED) is 0.648. The second kappa shape index (κ2) is 4.34. The molecule has 0 aromatic heterocycles. The predicted molar refractivity (Wildman–Crippen MR) is 46.0 cm³/mol. The Hall–Kier alpha value is -0.853. The molecule has 5 heteroatoms. The van der Waals surface area contributed by atoms with Crippen LogP contribution in [0.3, 0.4) is 0 Å². The number of hydrogen-bond donors (Lipinski definition) is 1. The Morgan fingerprint density at radius 1 is 1.40 bits per heavy atom. The molecule has 1 aromatic carbocycles. The molecule has 76 valence electrons. The number of hydrogen-bond acceptors (Lipinski definition) is 1. The molecule has 2 atom stereocenters. The fourth-order valence-electron chi connectivity index (χ4n) is 1.58. The van der Waals surface area contributed by atoms with Crippen molar-refractivity contribution in [3.8, 4) is 0 Å². The van der Waals surface area contributed by atoms with E-state index in [1.54, 1.807) is 0 Å². The van der Waals surface area contributed by atoms with E-state index < -0.39 is 23.5 Å². The Bertz CT molecular complexity index is 400. The number of aliphatic carboxylic acids is 1. The maximum absolute atomic E-state index is 12.8. The van der Waals surface area contributed by atoms with Gasteiger partial charge in [-0.3, -0.25) is 4.79 Å². The molecule has 0 radical (unpaired) electrons. The summed E-state index contributed by atoms with van der Waals surface area (Å²) >= 11 is 0. The van der Waals surface area contributed by atoms with Crippen molar-refractivity contribution in [2.75, 3.05) is 0 Å². The average Bonchev–Trinajstić information content (AvgIpc) is 2.89. The van der Waals surface area contributed by atoms with E-state index in [2.05, 4.69) is 0 Å². The van der Waals surface area contributed by atoms with E-state index in [9.17, 15) is 13.6 Å². The number of rotatable bonds is 2. The Kier molecular flexibility index (Phi) is 3.53. The van der Waals surface area contributed by atoms with Gasteiger partial charge in [0.05, 0.1) is 5.92 Å². The Morgan fingerprint density at radius 3 is 2.53 bits per heavy atom. The summed E-state index contributed by atoms with van der Waals surface area (Å²) in [7, 11) is 0. The molecule has 0 amide bonds. The van der Waals surface area contributed by atoms with Crippen LogP contribution in [0, 0.1) is 17.6 Å². The summed E-state index contributed by atoms with van der Waals surface area (Å²) in [6.07, 6.45) is 0.514. The van der Waals surface area contributed by atoms with Gasteiger partial charge in [0.2, 0.25) is 0 Å². The number of carboxylic acids is 1. The summed E-state index contributed by atoms with van der Waals surface area (Å²) in [6, 6.07) is 3.54. The van der Waals surface area contributed by atoms with Gasteiger partial charge in [0.15, 0.2) is 11.6 Å². The minimum atomic E-state index is -0.918. The van der Waals surface area contributed by atoms with Gasteiger partial charge in [0, 0.05) is 0 Å². The van der Waals surface area contributed by atoms with Crippen molar-refractivity contribution in [1.82, 2.24) is 0 Å². The predicted octanol–water partition coefficient (Wildman–Crippen LogP) is -0.731. The smallest absolute Gasteiger partial charge is 1.00 e. The van der Waals surface area contributed by atoms with Gasteiger partial charge in [-0.2, -0.15) is 0 Å². The first-order valence-corrected chi connectivity index (χ1v) is 4.27. The molecule has 2 rings (SSSR count). The molecule has 0 saturated heterocycles. The normalized spacial score (nSPS) is 23.1. The van der Waals surface area contributed by atoms with Crippen LogP contribution in [0.4, 0.5) is 8.78 Å². The van der Waals surface area contributed by atoms with Crippen molar-refractivity contribution in [3.63, 3.8) is 0 Å². The fraction of sp³-hybridized carbons (Fsp3) is 0.300. The number of benzene rings is 1. The number of halogens is 2. The van der Waals surface area contributed by atoms with Crippen LogP contribution in [0.5, 0.6) is 0 Å². The Morgan fingerprint density at radius 2 is 2.07 bits per heavy atom. The van der Waals surface area contributed by atoms with E-state index in [0.29, 0.717) is 12.0 Å². The molecule has 1 aliphatic carbocycles. The van der Waals surface area contributed by atoms with Crippen LogP contribution in [-0.2, 0) is 4.79 Å². The number of carboxylic acid groups (broad SMARTS) is 1. The van der Waals surface area contributed by atoms with Gasteiger partial charge in [-0.1, -0.05) is 6.07 Å². The van der Waals surface area contributed by atoms with Crippen molar-refractivity contribution in [2.24, 2.45) is 5.92 Å². The van der Waals surface area contributed by atoms with Crippen LogP contribution < -0.4 is 18.9 Å². The molecule has 1 aliphatic rings. The van der Waals surface area contributed by atoms with Gasteiger partial charge in [0.1, 0.15) is 0 Å². The van der Waals surface area contributed by atoms with Crippen molar-refractivity contribution >= 4 is 5.97 Å². The van der Waals surface area contributed by atoms with E-state index >= 15 is 0 Å². The van der Waals surface area contributed by atoms with Gasteiger partial charge in [-0.15, -0.1) is 0 Å². The maximum atomic E-state index is 12.8. The summed E-state index contributed by atoms with van der Waals surface area (Å²) in [5.41, 5.74) is 0.566. The van der Waals surface area contributed by atoms with Crippen LogP contribution in [0.25, 0.3) is 0 Å². The summed E-state index contributed by atoms with van der Waals surface area (Å²) in [4.78, 5) is 10.5. The first kappa shape index (κ1) is 12.2. The third-order valence-corrected chi connectivity index (χ3v) is 2.48. The second-order valence-electron chi connectivity index (χ2n) is 3.46. The van der Waals surface area contributed by atoms with E-state index in [1.807, 2.05) is 0 Å². The van der Waals surface area contributed by atoms with Gasteiger partial charge < -0.3 is 6.53 Å². The topological polar surface area (TPSA) is 37.3 Å². The molecule has 1 saturated carbocycles. The van der Waals surface area contributed by atoms with Crippen LogP contribution in [-0.4, -0.2) is 11.1 Å². The zero-order valence-electron chi connectivity index (χ0n) is 9.21. The van der Waals surface area contributed by atoms with E-state index in [-0.39, 0.29) is 26.2 Å². The average molecular weight is 206 g/mol. The molecular weight excluding hydrogens is 197 g/mol. The molecule has 1 aromatic rings. The molecule has 15 heavy (non-hydrogen) atoms. The van der Waals surface area contributed by atoms with Crippen LogP contribution in [0.1, 0.15) is 19.3 Å². The standard InChI is InChI=1S/C10H8F2O2.Li.H/c11-8-2-1-5(3-9(8)12)6-4-7(6)10(13)14;;/h1-3,6-7H,4H2,(H,13,14);;/q;+1;-1. The van der Waals surface area contributed by atoms with E-state index in [4.69, 9.17) is 5.11 Å². The summed E-state index contributed by atoms with van der Waals surface area (Å²) < 4.78 is 25.3. The van der Waals surface area contributed by atoms with Gasteiger partial charge in [-0.25, -0.2) is 8.78 Å². The zero-order chi connectivity index (χ0) is 10.3. The van der Waals surface area contributed by atoms with E-state index in [0.717, 1.165) is 12.1 Å². The first-order valence-electron chi connectivity index (χ1n) is 4.27. The maximum Gasteiger partial charge on any atom is 1.00 e. The SMILES string of the molecule is O=C(O)C1CC1c1ccc(F)c(F)c1.[H-].[Li+]. The molecule has 2 unspecified atom stereocenters. The second-order valence-corrected chi connectivity index (χ2v) is 3.46. The minimum absolute atomic E-state index is 0. The Balaban J connectivity index is 0.00000112. The van der Waals surface area contributed by atoms with Gasteiger partial charge in [0.25, 0.3) is 0 Å². The largest absolute Gasteiger partial charge is 1.00 e. The van der Waals surface area contributed by atoms with Crippen molar-refractivity contribution < 1.29 is 39.0 Å². The van der Waals surface area contributed by atoms with Crippen molar-refractivity contribution in [3.05, 3.63) is 35.4 Å². The molecule has 1 fully saturated rings. The fourth-order valence-corrected chi connectivity index (χ4v) is 1.58. The van der Waals surface area contributed by atoms with Crippen LogP contribution in [0.15, 0.2) is 18.2 Å². The van der Waals surface area contributed by atoms with Crippen LogP contribution in [0.2, 0.25) is 0 Å². The third-order valence-electron chi connectivity index (χ3n) is 2.48. The molecule has 1 N–H and O–H groups in total. The van der Waals surface area contributed by atoms with Crippen molar-refractivity contribution in [1.29, 1.82) is 0 Å². The van der Waals surface area contributed by atoms with Crippen LogP contribution >= 0.6 is 0 Å². The molecule has 0 aliphatic heterocycles. The molecule has 0 bridgehead atoms. The van der Waals surface area contributed by atoms with Gasteiger partial charge >= 0.3 is 24.8 Å². The van der Waals surface area contributed by atoms with E-state index in [1.165, 1.54) is 6.07 Å². The summed E-state index contributed by atoms with van der Waals surface area (Å²) in [6.45, 7) is 0. The molecule has 0 spiro atoms. The number of carbonyl (C=O) groups is 1. The van der Waals surface area contributed by atoms with Crippen molar-refractivity contribution in [2.45, 2.75) is 12.3 Å². The zero-order valence-corrected chi connectivity index (χ0v) is 8.21.